The van der Waals surface area contributed by atoms with Crippen molar-refractivity contribution in [3.8, 4) is 0 Å². The highest BCUT2D eigenvalue weighted by atomic mass is 32.1. The van der Waals surface area contributed by atoms with E-state index in [2.05, 4.69) is 10.6 Å². The standard InChI is InChI=1S/C17H18N2O4S/c1-10-8-9-24-15(10)17(22)23-11(2)16(21)19-14-6-4-13(5-7-14)18-12(3)20/h4-9,11H,1-3H3,(H,18,20)(H,19,21). The normalized spacial score (nSPS) is 11.5. The molecule has 1 atom stereocenters. The number of carbonyl (C=O) groups is 3. The van der Waals surface area contributed by atoms with E-state index in [0.717, 1.165) is 5.56 Å². The van der Waals surface area contributed by atoms with Gasteiger partial charge in [0, 0.05) is 18.3 Å². The van der Waals surface area contributed by atoms with Crippen molar-refractivity contribution in [3.63, 3.8) is 0 Å². The third-order valence-corrected chi connectivity index (χ3v) is 4.17. The maximum absolute atomic E-state index is 12.1. The van der Waals surface area contributed by atoms with Crippen LogP contribution < -0.4 is 10.6 Å². The van der Waals surface area contributed by atoms with Gasteiger partial charge in [-0.3, -0.25) is 9.59 Å². The molecular weight excluding hydrogens is 328 g/mol. The summed E-state index contributed by atoms with van der Waals surface area (Å²) in [6, 6.07) is 8.47. The van der Waals surface area contributed by atoms with Crippen LogP contribution in [-0.4, -0.2) is 23.9 Å². The Morgan fingerprint density at radius 3 is 2.12 bits per heavy atom. The Morgan fingerprint density at radius 2 is 1.62 bits per heavy atom. The molecule has 0 fully saturated rings. The van der Waals surface area contributed by atoms with E-state index in [0.29, 0.717) is 16.3 Å². The van der Waals surface area contributed by atoms with Crippen molar-refractivity contribution in [2.75, 3.05) is 10.6 Å². The van der Waals surface area contributed by atoms with Gasteiger partial charge < -0.3 is 15.4 Å². The number of thiophene rings is 1. The fraction of sp³-hybridized carbons (Fsp3) is 0.235. The summed E-state index contributed by atoms with van der Waals surface area (Å²) >= 11 is 1.28. The lowest BCUT2D eigenvalue weighted by atomic mass is 10.2. The summed E-state index contributed by atoms with van der Waals surface area (Å²) in [5.41, 5.74) is 2.00. The van der Waals surface area contributed by atoms with Gasteiger partial charge in [0.25, 0.3) is 5.91 Å². The molecule has 1 heterocycles. The van der Waals surface area contributed by atoms with Crippen LogP contribution in [0.5, 0.6) is 0 Å². The second-order valence-electron chi connectivity index (χ2n) is 5.23. The van der Waals surface area contributed by atoms with E-state index in [1.165, 1.54) is 25.2 Å². The number of hydrogen-bond donors (Lipinski definition) is 2. The van der Waals surface area contributed by atoms with Gasteiger partial charge in [0.2, 0.25) is 5.91 Å². The topological polar surface area (TPSA) is 84.5 Å². The van der Waals surface area contributed by atoms with Gasteiger partial charge in [0.15, 0.2) is 6.10 Å². The van der Waals surface area contributed by atoms with Gasteiger partial charge in [0.05, 0.1) is 0 Å². The van der Waals surface area contributed by atoms with Crippen molar-refractivity contribution in [2.24, 2.45) is 0 Å². The molecule has 24 heavy (non-hydrogen) atoms. The summed E-state index contributed by atoms with van der Waals surface area (Å²) in [6.45, 7) is 4.75. The molecule has 7 heteroatoms. The quantitative estimate of drug-likeness (QED) is 0.814. The summed E-state index contributed by atoms with van der Waals surface area (Å²) in [5.74, 6) is -1.10. The molecule has 2 rings (SSSR count). The van der Waals surface area contributed by atoms with Crippen LogP contribution in [0.3, 0.4) is 0 Å². The summed E-state index contributed by atoms with van der Waals surface area (Å²) < 4.78 is 5.19. The molecule has 0 aliphatic heterocycles. The van der Waals surface area contributed by atoms with Crippen molar-refractivity contribution >= 4 is 40.5 Å². The molecule has 0 saturated carbocycles. The first kappa shape index (κ1) is 17.7. The van der Waals surface area contributed by atoms with Gasteiger partial charge in [-0.05, 0) is 55.1 Å². The molecule has 0 aliphatic rings. The van der Waals surface area contributed by atoms with Crippen LogP contribution >= 0.6 is 11.3 Å². The predicted molar refractivity (Wildman–Crippen MR) is 93.3 cm³/mol. The molecule has 2 amide bonds. The Labute approximate surface area is 143 Å². The molecule has 0 bridgehead atoms. The largest absolute Gasteiger partial charge is 0.448 e. The fourth-order valence-corrected chi connectivity index (χ4v) is 2.74. The second-order valence-corrected chi connectivity index (χ2v) is 6.14. The molecule has 0 aliphatic carbocycles. The van der Waals surface area contributed by atoms with Gasteiger partial charge in [-0.25, -0.2) is 4.79 Å². The maximum atomic E-state index is 12.1. The number of carbonyl (C=O) groups excluding carboxylic acids is 3. The smallest absolute Gasteiger partial charge is 0.349 e. The molecule has 2 aromatic rings. The number of benzene rings is 1. The van der Waals surface area contributed by atoms with Gasteiger partial charge in [0.1, 0.15) is 4.88 Å². The fourth-order valence-electron chi connectivity index (χ4n) is 1.93. The Kier molecular flexibility index (Phi) is 5.70. The van der Waals surface area contributed by atoms with Gasteiger partial charge in [-0.1, -0.05) is 0 Å². The third-order valence-electron chi connectivity index (χ3n) is 3.17. The van der Waals surface area contributed by atoms with Crippen molar-refractivity contribution in [2.45, 2.75) is 26.9 Å². The van der Waals surface area contributed by atoms with Crippen LogP contribution in [0.25, 0.3) is 0 Å². The first-order chi connectivity index (χ1) is 11.4. The number of rotatable bonds is 5. The van der Waals surface area contributed by atoms with Crippen molar-refractivity contribution < 1.29 is 19.1 Å². The van der Waals surface area contributed by atoms with Gasteiger partial charge >= 0.3 is 5.97 Å². The number of esters is 1. The minimum absolute atomic E-state index is 0.170. The molecule has 1 aromatic heterocycles. The zero-order valence-electron chi connectivity index (χ0n) is 13.6. The molecular formula is C17H18N2O4S. The Morgan fingerprint density at radius 1 is 1.04 bits per heavy atom. The van der Waals surface area contributed by atoms with Crippen molar-refractivity contribution in [1.29, 1.82) is 0 Å². The van der Waals surface area contributed by atoms with E-state index in [1.54, 1.807) is 29.6 Å². The molecule has 0 spiro atoms. The third kappa shape index (κ3) is 4.66. The second kappa shape index (κ2) is 7.74. The molecule has 6 nitrogen and oxygen atoms in total. The molecule has 126 valence electrons. The monoisotopic (exact) mass is 346 g/mol. The Hall–Kier alpha value is -2.67. The predicted octanol–water partition coefficient (Wildman–Crippen LogP) is 3.20. The molecule has 2 N–H and O–H groups in total. The van der Waals surface area contributed by atoms with Gasteiger partial charge in [-0.2, -0.15) is 0 Å². The van der Waals surface area contributed by atoms with Crippen LogP contribution in [0.15, 0.2) is 35.7 Å². The summed E-state index contributed by atoms with van der Waals surface area (Å²) in [7, 11) is 0. The van der Waals surface area contributed by atoms with E-state index in [1.807, 2.05) is 13.0 Å². The van der Waals surface area contributed by atoms with Crippen LogP contribution in [0, 0.1) is 6.92 Å². The van der Waals surface area contributed by atoms with Crippen LogP contribution in [0.4, 0.5) is 11.4 Å². The number of nitrogens with one attached hydrogen (secondary N) is 2. The van der Waals surface area contributed by atoms with Crippen LogP contribution in [-0.2, 0) is 14.3 Å². The SMILES string of the molecule is CC(=O)Nc1ccc(NC(=O)C(C)OC(=O)c2sccc2C)cc1. The highest BCUT2D eigenvalue weighted by molar-refractivity contribution is 7.12. The molecule has 1 unspecified atom stereocenters. The summed E-state index contributed by atoms with van der Waals surface area (Å²) in [4.78, 5) is 35.6. The van der Waals surface area contributed by atoms with Crippen molar-refractivity contribution in [1.82, 2.24) is 0 Å². The Balaban J connectivity index is 1.92. The van der Waals surface area contributed by atoms with E-state index in [-0.39, 0.29) is 5.91 Å². The van der Waals surface area contributed by atoms with Crippen LogP contribution in [0.2, 0.25) is 0 Å². The van der Waals surface area contributed by atoms with E-state index in [4.69, 9.17) is 4.74 Å². The highest BCUT2D eigenvalue weighted by Crippen LogP contribution is 2.18. The summed E-state index contributed by atoms with van der Waals surface area (Å²) in [5, 5.41) is 7.10. The first-order valence-corrected chi connectivity index (χ1v) is 8.18. The lowest BCUT2D eigenvalue weighted by Gasteiger charge is -2.13. The Bertz CT molecular complexity index is 752. The lowest BCUT2D eigenvalue weighted by Crippen LogP contribution is -2.29. The van der Waals surface area contributed by atoms with E-state index < -0.39 is 18.0 Å². The molecule has 1 aromatic carbocycles. The number of ether oxygens (including phenoxy) is 1. The number of hydrogen-bond acceptors (Lipinski definition) is 5. The minimum atomic E-state index is -0.922. The minimum Gasteiger partial charge on any atom is -0.448 e. The van der Waals surface area contributed by atoms with Crippen LogP contribution in [0.1, 0.15) is 29.1 Å². The average Bonchev–Trinajstić information content (AvgIpc) is 2.94. The van der Waals surface area contributed by atoms with E-state index in [9.17, 15) is 14.4 Å². The number of anilines is 2. The van der Waals surface area contributed by atoms with E-state index >= 15 is 0 Å². The maximum Gasteiger partial charge on any atom is 0.349 e. The molecule has 0 saturated heterocycles. The van der Waals surface area contributed by atoms with Crippen molar-refractivity contribution in [3.05, 3.63) is 46.2 Å². The first-order valence-electron chi connectivity index (χ1n) is 7.30. The summed E-state index contributed by atoms with van der Waals surface area (Å²) in [6.07, 6.45) is -0.922. The average molecular weight is 346 g/mol. The number of aryl methyl sites for hydroxylation is 1. The number of amides is 2. The lowest BCUT2D eigenvalue weighted by molar-refractivity contribution is -0.123. The molecule has 0 radical (unpaired) electrons. The van der Waals surface area contributed by atoms with Gasteiger partial charge in [-0.15, -0.1) is 11.3 Å². The zero-order valence-corrected chi connectivity index (χ0v) is 14.4. The zero-order chi connectivity index (χ0) is 17.7. The highest BCUT2D eigenvalue weighted by Gasteiger charge is 2.20.